The third-order valence-corrected chi connectivity index (χ3v) is 4.70. The summed E-state index contributed by atoms with van der Waals surface area (Å²) in [5.74, 6) is 3.10. The Kier molecular flexibility index (Phi) is 2.16. The Morgan fingerprint density at radius 3 is 3.15 bits per heavy atom. The van der Waals surface area contributed by atoms with E-state index in [0.717, 1.165) is 49.7 Å². The van der Waals surface area contributed by atoms with E-state index in [9.17, 15) is 0 Å². The van der Waals surface area contributed by atoms with E-state index in [4.69, 9.17) is 9.72 Å². The highest BCUT2D eigenvalue weighted by Crippen LogP contribution is 2.38. The topological polar surface area (TPSA) is 57.8 Å². The zero-order valence-electron chi connectivity index (χ0n) is 11.3. The van der Waals surface area contributed by atoms with E-state index in [1.807, 2.05) is 0 Å². The summed E-state index contributed by atoms with van der Waals surface area (Å²) in [5, 5.41) is 8.74. The zero-order valence-corrected chi connectivity index (χ0v) is 11.3. The molecule has 0 spiro atoms. The molecule has 5 heterocycles. The van der Waals surface area contributed by atoms with Crippen molar-refractivity contribution >= 4 is 0 Å². The Hall–Kier alpha value is -1.69. The van der Waals surface area contributed by atoms with Crippen LogP contribution in [0.4, 0.5) is 0 Å². The van der Waals surface area contributed by atoms with E-state index in [1.54, 1.807) is 0 Å². The van der Waals surface area contributed by atoms with E-state index in [0.29, 0.717) is 6.10 Å². The molecule has 3 aliphatic heterocycles. The lowest BCUT2D eigenvalue weighted by Crippen LogP contribution is -2.24. The van der Waals surface area contributed by atoms with Crippen LogP contribution < -0.4 is 0 Å². The van der Waals surface area contributed by atoms with Gasteiger partial charge in [0, 0.05) is 19.2 Å². The summed E-state index contributed by atoms with van der Waals surface area (Å²) >= 11 is 0. The minimum Gasteiger partial charge on any atom is -0.365 e. The molecule has 0 amide bonds. The molecule has 1 saturated heterocycles. The van der Waals surface area contributed by atoms with Gasteiger partial charge in [0.1, 0.15) is 17.6 Å². The molecule has 6 heteroatoms. The average Bonchev–Trinajstić information content (AvgIpc) is 3.16. The molecule has 2 aromatic rings. The molecular formula is C14H17N5O. The number of imidazole rings is 1. The molecule has 104 valence electrons. The van der Waals surface area contributed by atoms with Crippen LogP contribution >= 0.6 is 0 Å². The summed E-state index contributed by atoms with van der Waals surface area (Å²) < 4.78 is 10.4. The van der Waals surface area contributed by atoms with E-state index in [1.165, 1.54) is 18.7 Å². The second-order valence-electron chi connectivity index (χ2n) is 6.01. The molecule has 2 bridgehead atoms. The van der Waals surface area contributed by atoms with Crippen LogP contribution in [0.1, 0.15) is 43.4 Å². The maximum absolute atomic E-state index is 5.91. The molecule has 6 nitrogen and oxygen atoms in total. The summed E-state index contributed by atoms with van der Waals surface area (Å²) in [6.07, 6.45) is 8.39. The van der Waals surface area contributed by atoms with Gasteiger partial charge in [-0.2, -0.15) is 0 Å². The second-order valence-corrected chi connectivity index (χ2v) is 6.01. The van der Waals surface area contributed by atoms with Crippen LogP contribution in [-0.2, 0) is 24.2 Å². The van der Waals surface area contributed by atoms with Crippen molar-refractivity contribution in [2.24, 2.45) is 0 Å². The van der Waals surface area contributed by atoms with Gasteiger partial charge in [0.2, 0.25) is 0 Å². The molecule has 0 aromatic carbocycles. The lowest BCUT2D eigenvalue weighted by atomic mass is 10.2. The SMILES string of the molecule is c1c(-c2nnc3n2C[C@H]2CC[C@@H]3O2)nc2n1CCCC2. The molecule has 0 saturated carbocycles. The summed E-state index contributed by atoms with van der Waals surface area (Å²) in [4.78, 5) is 4.77. The quantitative estimate of drug-likeness (QED) is 0.792. The number of ether oxygens (including phenoxy) is 1. The molecule has 1 fully saturated rings. The number of nitrogens with zero attached hydrogens (tertiary/aromatic N) is 5. The van der Waals surface area contributed by atoms with E-state index < -0.39 is 0 Å². The minimum atomic E-state index is 0.146. The number of rotatable bonds is 1. The van der Waals surface area contributed by atoms with Crippen molar-refractivity contribution in [3.8, 4) is 11.5 Å². The first-order chi connectivity index (χ1) is 9.88. The third kappa shape index (κ3) is 1.45. The van der Waals surface area contributed by atoms with Crippen LogP contribution in [0, 0.1) is 0 Å². The van der Waals surface area contributed by atoms with E-state index in [2.05, 4.69) is 25.5 Å². The molecule has 0 radical (unpaired) electrons. The van der Waals surface area contributed by atoms with Crippen LogP contribution in [0.25, 0.3) is 11.5 Å². The van der Waals surface area contributed by atoms with Crippen molar-refractivity contribution in [3.63, 3.8) is 0 Å². The molecule has 2 aromatic heterocycles. The van der Waals surface area contributed by atoms with Gasteiger partial charge in [0.25, 0.3) is 0 Å². The maximum atomic E-state index is 5.91. The van der Waals surface area contributed by atoms with E-state index >= 15 is 0 Å². The molecular weight excluding hydrogens is 254 g/mol. The van der Waals surface area contributed by atoms with Crippen molar-refractivity contribution in [1.82, 2.24) is 24.3 Å². The number of aromatic nitrogens is 5. The van der Waals surface area contributed by atoms with Gasteiger partial charge in [-0.15, -0.1) is 10.2 Å². The Morgan fingerprint density at radius 1 is 1.20 bits per heavy atom. The summed E-state index contributed by atoms with van der Waals surface area (Å²) in [6, 6.07) is 0. The van der Waals surface area contributed by atoms with Gasteiger partial charge in [0.05, 0.1) is 12.6 Å². The Bertz CT molecular complexity index is 650. The van der Waals surface area contributed by atoms with Crippen LogP contribution in [0.5, 0.6) is 0 Å². The zero-order chi connectivity index (χ0) is 13.1. The van der Waals surface area contributed by atoms with Gasteiger partial charge in [-0.25, -0.2) is 4.98 Å². The van der Waals surface area contributed by atoms with Crippen LogP contribution in [0.3, 0.4) is 0 Å². The highest BCUT2D eigenvalue weighted by Gasteiger charge is 2.37. The van der Waals surface area contributed by atoms with Crippen LogP contribution in [0.2, 0.25) is 0 Å². The van der Waals surface area contributed by atoms with Crippen molar-refractivity contribution in [3.05, 3.63) is 17.8 Å². The number of aryl methyl sites for hydroxylation is 2. The smallest absolute Gasteiger partial charge is 0.184 e. The minimum absolute atomic E-state index is 0.146. The van der Waals surface area contributed by atoms with Gasteiger partial charge in [-0.3, -0.25) is 0 Å². The molecule has 0 unspecified atom stereocenters. The fourth-order valence-electron chi connectivity index (χ4n) is 3.68. The molecule has 0 aliphatic carbocycles. The highest BCUT2D eigenvalue weighted by molar-refractivity contribution is 5.49. The highest BCUT2D eigenvalue weighted by atomic mass is 16.5. The average molecular weight is 271 g/mol. The molecule has 0 N–H and O–H groups in total. The summed E-state index contributed by atoms with van der Waals surface area (Å²) in [7, 11) is 0. The first kappa shape index (κ1) is 11.0. The largest absolute Gasteiger partial charge is 0.365 e. The Labute approximate surface area is 116 Å². The third-order valence-electron chi connectivity index (χ3n) is 4.70. The van der Waals surface area contributed by atoms with Gasteiger partial charge in [-0.1, -0.05) is 0 Å². The monoisotopic (exact) mass is 271 g/mol. The van der Waals surface area contributed by atoms with Gasteiger partial charge >= 0.3 is 0 Å². The molecule has 20 heavy (non-hydrogen) atoms. The molecule has 2 atom stereocenters. The standard InChI is InChI=1S/C14H17N5O/c1-2-6-18-8-10(15-12(18)3-1)13-16-17-14-11-5-4-9(20-11)7-19(13)14/h8-9,11H,1-7H2/t9-,11+/m1/s1. The first-order valence-electron chi connectivity index (χ1n) is 7.53. The van der Waals surface area contributed by atoms with Crippen molar-refractivity contribution in [2.75, 3.05) is 0 Å². The fraction of sp³-hybridized carbons (Fsp3) is 0.643. The first-order valence-corrected chi connectivity index (χ1v) is 7.53. The fourth-order valence-corrected chi connectivity index (χ4v) is 3.68. The Balaban J connectivity index is 1.60. The van der Waals surface area contributed by atoms with Gasteiger partial charge in [0.15, 0.2) is 11.6 Å². The van der Waals surface area contributed by atoms with Crippen LogP contribution in [-0.4, -0.2) is 30.4 Å². The Morgan fingerprint density at radius 2 is 2.20 bits per heavy atom. The number of hydrogen-bond acceptors (Lipinski definition) is 4. The summed E-state index contributed by atoms with van der Waals surface area (Å²) in [6.45, 7) is 1.95. The predicted octanol–water partition coefficient (Wildman–Crippen LogP) is 1.71. The normalized spacial score (nSPS) is 27.4. The lowest BCUT2D eigenvalue weighted by molar-refractivity contribution is 0.00630. The van der Waals surface area contributed by atoms with Crippen molar-refractivity contribution < 1.29 is 4.74 Å². The van der Waals surface area contributed by atoms with Crippen molar-refractivity contribution in [1.29, 1.82) is 0 Å². The number of fused-ring (bicyclic) bond motifs is 5. The van der Waals surface area contributed by atoms with Gasteiger partial charge < -0.3 is 13.9 Å². The molecule has 5 rings (SSSR count). The maximum Gasteiger partial charge on any atom is 0.184 e. The predicted molar refractivity (Wildman–Crippen MR) is 71.0 cm³/mol. The van der Waals surface area contributed by atoms with Gasteiger partial charge in [-0.05, 0) is 25.7 Å². The molecule has 3 aliphatic rings. The van der Waals surface area contributed by atoms with Crippen LogP contribution in [0.15, 0.2) is 6.20 Å². The lowest BCUT2D eigenvalue weighted by Gasteiger charge is -2.22. The second kappa shape index (κ2) is 3.91. The number of hydrogen-bond donors (Lipinski definition) is 0. The van der Waals surface area contributed by atoms with Crippen molar-refractivity contribution in [2.45, 2.75) is 57.4 Å². The summed E-state index contributed by atoms with van der Waals surface area (Å²) in [5.41, 5.74) is 0.974. The van der Waals surface area contributed by atoms with E-state index in [-0.39, 0.29) is 6.10 Å².